The molecule has 0 aliphatic rings. The summed E-state index contributed by atoms with van der Waals surface area (Å²) in [7, 11) is 0. The molecule has 0 aliphatic heterocycles. The molecule has 0 saturated carbocycles. The van der Waals surface area contributed by atoms with Crippen molar-refractivity contribution >= 4 is 0 Å². The zero-order valence-corrected chi connectivity index (χ0v) is 25.5. The van der Waals surface area contributed by atoms with Crippen LogP contribution >= 0.6 is 0 Å². The highest BCUT2D eigenvalue weighted by molar-refractivity contribution is 5.49. The van der Waals surface area contributed by atoms with Gasteiger partial charge in [-0.15, -0.1) is 0 Å². The number of phenolic OH excluding ortho intramolecular Hbond substituents is 1. The van der Waals surface area contributed by atoms with Crippen LogP contribution < -0.4 is 0 Å². The topological polar surface area (TPSA) is 20.2 Å². The summed E-state index contributed by atoms with van der Waals surface area (Å²) in [5, 5.41) is 10.9. The zero-order chi connectivity index (χ0) is 26.9. The maximum absolute atomic E-state index is 10.9. The minimum Gasteiger partial charge on any atom is -0.507 e. The lowest BCUT2D eigenvalue weighted by Crippen LogP contribution is -2.17. The van der Waals surface area contributed by atoms with Gasteiger partial charge in [0.15, 0.2) is 0 Å². The Kier molecular flexibility index (Phi) is 16.5. The highest BCUT2D eigenvalue weighted by Crippen LogP contribution is 2.38. The lowest BCUT2D eigenvalue weighted by atomic mass is 9.78. The largest absolute Gasteiger partial charge is 0.507 e. The Morgan fingerprint density at radius 1 is 0.583 bits per heavy atom. The van der Waals surface area contributed by atoms with Crippen molar-refractivity contribution in [2.45, 2.75) is 175 Å². The third kappa shape index (κ3) is 14.5. The van der Waals surface area contributed by atoms with Crippen LogP contribution in [-0.2, 0) is 17.3 Å². The molecule has 0 bridgehead atoms. The molecular formula is C35H62O. The van der Waals surface area contributed by atoms with Gasteiger partial charge in [0.25, 0.3) is 0 Å². The van der Waals surface area contributed by atoms with Gasteiger partial charge in [-0.2, -0.15) is 0 Å². The van der Waals surface area contributed by atoms with E-state index in [0.29, 0.717) is 5.75 Å². The summed E-state index contributed by atoms with van der Waals surface area (Å²) in [6.45, 7) is 15.6. The normalized spacial score (nSPS) is 12.6. The van der Waals surface area contributed by atoms with Gasteiger partial charge >= 0.3 is 0 Å². The van der Waals surface area contributed by atoms with Crippen molar-refractivity contribution in [3.05, 3.63) is 41.0 Å². The summed E-state index contributed by atoms with van der Waals surface area (Å²) in [6.07, 6.45) is 29.2. The Bertz CT molecular complexity index is 713. The number of allylic oxidation sites excluding steroid dienone is 2. The second-order valence-corrected chi connectivity index (χ2v) is 13.3. The monoisotopic (exact) mass is 498 g/mol. The van der Waals surface area contributed by atoms with Crippen molar-refractivity contribution in [1.82, 2.24) is 0 Å². The first kappa shape index (κ1) is 32.8. The number of rotatable bonds is 19. The third-order valence-corrected chi connectivity index (χ3v) is 7.59. The minimum atomic E-state index is -0.0582. The summed E-state index contributed by atoms with van der Waals surface area (Å²) in [5.41, 5.74) is 3.47. The fourth-order valence-corrected chi connectivity index (χ4v) is 4.99. The van der Waals surface area contributed by atoms with E-state index in [1.54, 1.807) is 0 Å². The van der Waals surface area contributed by atoms with Crippen LogP contribution in [0.5, 0.6) is 5.75 Å². The Morgan fingerprint density at radius 3 is 1.44 bits per heavy atom. The maximum atomic E-state index is 10.9. The minimum absolute atomic E-state index is 0.0582. The van der Waals surface area contributed by atoms with E-state index in [-0.39, 0.29) is 10.8 Å². The number of phenols is 1. The molecule has 1 N–H and O–H groups in total. The van der Waals surface area contributed by atoms with Crippen molar-refractivity contribution in [2.24, 2.45) is 0 Å². The zero-order valence-electron chi connectivity index (χ0n) is 25.5. The molecule has 0 unspecified atom stereocenters. The molecule has 1 aromatic carbocycles. The van der Waals surface area contributed by atoms with Crippen molar-refractivity contribution in [1.29, 1.82) is 0 Å². The van der Waals surface area contributed by atoms with Gasteiger partial charge < -0.3 is 5.11 Å². The second-order valence-electron chi connectivity index (χ2n) is 13.3. The van der Waals surface area contributed by atoms with Gasteiger partial charge in [0, 0.05) is 0 Å². The van der Waals surface area contributed by atoms with Crippen LogP contribution in [0.4, 0.5) is 0 Å². The van der Waals surface area contributed by atoms with E-state index in [0.717, 1.165) is 24.0 Å². The Labute approximate surface area is 226 Å². The molecule has 0 saturated heterocycles. The molecule has 0 spiro atoms. The van der Waals surface area contributed by atoms with Crippen molar-refractivity contribution in [2.75, 3.05) is 0 Å². The lowest BCUT2D eigenvalue weighted by molar-refractivity contribution is 0.439. The molecule has 0 aliphatic carbocycles. The van der Waals surface area contributed by atoms with Gasteiger partial charge in [0.05, 0.1) is 0 Å². The molecule has 0 amide bonds. The Hall–Kier alpha value is -1.24. The van der Waals surface area contributed by atoms with Gasteiger partial charge in [0.1, 0.15) is 5.75 Å². The van der Waals surface area contributed by atoms with Crippen molar-refractivity contribution in [3.8, 4) is 5.75 Å². The summed E-state index contributed by atoms with van der Waals surface area (Å²) in [6, 6.07) is 4.42. The van der Waals surface area contributed by atoms with Crippen LogP contribution in [0.1, 0.15) is 174 Å². The first-order valence-electron chi connectivity index (χ1n) is 15.6. The number of hydrogen-bond donors (Lipinski definition) is 1. The molecule has 0 atom stereocenters. The van der Waals surface area contributed by atoms with Gasteiger partial charge in [0.2, 0.25) is 0 Å². The first-order chi connectivity index (χ1) is 17.1. The van der Waals surface area contributed by atoms with Crippen molar-refractivity contribution < 1.29 is 5.11 Å². The highest BCUT2D eigenvalue weighted by atomic mass is 16.3. The van der Waals surface area contributed by atoms with Gasteiger partial charge in [-0.25, -0.2) is 0 Å². The molecule has 0 aromatic heterocycles. The fraction of sp³-hybridized carbons (Fsp3) is 0.771. The predicted molar refractivity (Wildman–Crippen MR) is 163 cm³/mol. The molecule has 1 rings (SSSR count). The molecule has 0 heterocycles. The van der Waals surface area contributed by atoms with E-state index in [9.17, 15) is 5.11 Å². The van der Waals surface area contributed by atoms with E-state index in [4.69, 9.17) is 0 Å². The fourth-order valence-electron chi connectivity index (χ4n) is 4.99. The summed E-state index contributed by atoms with van der Waals surface area (Å²) >= 11 is 0. The summed E-state index contributed by atoms with van der Waals surface area (Å²) < 4.78 is 0. The molecule has 0 radical (unpaired) electrons. The first-order valence-corrected chi connectivity index (χ1v) is 15.6. The molecular weight excluding hydrogens is 436 g/mol. The number of benzene rings is 1. The van der Waals surface area contributed by atoms with Gasteiger partial charge in [-0.3, -0.25) is 0 Å². The third-order valence-electron chi connectivity index (χ3n) is 7.59. The SMILES string of the molecule is CCCCCCCCCCCCCCCCCCC=CCc1cc(C(C)(C)C)cc(C(C)(C)C)c1O. The number of unbranched alkanes of at least 4 members (excludes halogenated alkanes) is 16. The smallest absolute Gasteiger partial charge is 0.122 e. The molecule has 208 valence electrons. The van der Waals surface area contributed by atoms with Crippen LogP contribution in [0.15, 0.2) is 24.3 Å². The van der Waals surface area contributed by atoms with E-state index < -0.39 is 0 Å². The standard InChI is InChI=1S/C35H62O/c1-8-9-10-11-12-13-14-15-16-17-18-19-20-21-22-23-24-25-26-27-30-28-31(34(2,3)4)29-32(33(30)36)35(5,6)7/h25-26,28-29,36H,8-24,27H2,1-7H3. The van der Waals surface area contributed by atoms with Crippen LogP contribution in [0, 0.1) is 0 Å². The van der Waals surface area contributed by atoms with E-state index in [1.807, 2.05) is 0 Å². The van der Waals surface area contributed by atoms with Gasteiger partial charge in [-0.1, -0.05) is 169 Å². The van der Waals surface area contributed by atoms with Crippen LogP contribution in [0.2, 0.25) is 0 Å². The Morgan fingerprint density at radius 2 is 1.03 bits per heavy atom. The second kappa shape index (κ2) is 18.1. The molecule has 0 fully saturated rings. The van der Waals surface area contributed by atoms with E-state index >= 15 is 0 Å². The van der Waals surface area contributed by atoms with E-state index in [1.165, 1.54) is 108 Å². The van der Waals surface area contributed by atoms with Gasteiger partial charge in [-0.05, 0) is 46.8 Å². The van der Waals surface area contributed by atoms with Crippen molar-refractivity contribution in [3.63, 3.8) is 0 Å². The number of hydrogen-bond acceptors (Lipinski definition) is 1. The lowest BCUT2D eigenvalue weighted by Gasteiger charge is -2.27. The maximum Gasteiger partial charge on any atom is 0.122 e. The van der Waals surface area contributed by atoms with Crippen LogP contribution in [-0.4, -0.2) is 5.11 Å². The highest BCUT2D eigenvalue weighted by Gasteiger charge is 2.24. The Balaban J connectivity index is 2.15. The summed E-state index contributed by atoms with van der Waals surface area (Å²) in [5.74, 6) is 0.488. The summed E-state index contributed by atoms with van der Waals surface area (Å²) in [4.78, 5) is 0. The molecule has 36 heavy (non-hydrogen) atoms. The predicted octanol–water partition coefficient (Wildman–Crippen LogP) is 11.7. The molecule has 1 aromatic rings. The molecule has 1 heteroatoms. The average Bonchev–Trinajstić information content (AvgIpc) is 2.80. The van der Waals surface area contributed by atoms with Crippen LogP contribution in [0.3, 0.4) is 0 Å². The number of aromatic hydroxyl groups is 1. The quantitative estimate of drug-likeness (QED) is 0.148. The van der Waals surface area contributed by atoms with E-state index in [2.05, 4.69) is 72.8 Å². The average molecular weight is 499 g/mol. The molecule has 1 nitrogen and oxygen atoms in total. The van der Waals surface area contributed by atoms with Crippen LogP contribution in [0.25, 0.3) is 0 Å².